The molecule has 0 saturated carbocycles. The minimum Gasteiger partial charge on any atom is -0.477 e. The predicted molar refractivity (Wildman–Crippen MR) is 55.3 cm³/mol. The van der Waals surface area contributed by atoms with Crippen molar-refractivity contribution in [2.75, 3.05) is 19.8 Å². The topological polar surface area (TPSA) is 25.4 Å². The van der Waals surface area contributed by atoms with Crippen molar-refractivity contribution in [3.63, 3.8) is 0 Å². The van der Waals surface area contributed by atoms with Crippen LogP contribution in [0.15, 0.2) is 12.3 Å². The van der Waals surface area contributed by atoms with E-state index >= 15 is 0 Å². The Kier molecular flexibility index (Phi) is 3.16. The molecular formula is C11H15FN2O. The average molecular weight is 210 g/mol. The van der Waals surface area contributed by atoms with Crippen LogP contribution in [0.2, 0.25) is 0 Å². The minimum absolute atomic E-state index is 0.395. The molecule has 2 rings (SSSR count). The Morgan fingerprint density at radius 3 is 2.93 bits per heavy atom. The van der Waals surface area contributed by atoms with E-state index in [2.05, 4.69) is 9.88 Å². The Balaban J connectivity index is 1.95. The fraction of sp³-hybridized carbons (Fsp3) is 0.545. The fourth-order valence-electron chi connectivity index (χ4n) is 1.48. The highest BCUT2D eigenvalue weighted by molar-refractivity contribution is 5.24. The van der Waals surface area contributed by atoms with Gasteiger partial charge in [0.1, 0.15) is 12.5 Å². The van der Waals surface area contributed by atoms with Crippen molar-refractivity contribution >= 4 is 0 Å². The van der Waals surface area contributed by atoms with E-state index in [0.717, 1.165) is 13.1 Å². The van der Waals surface area contributed by atoms with Gasteiger partial charge in [-0.1, -0.05) is 6.92 Å². The van der Waals surface area contributed by atoms with Crippen LogP contribution in [-0.2, 0) is 6.42 Å². The van der Waals surface area contributed by atoms with Gasteiger partial charge in [0.2, 0.25) is 5.95 Å². The van der Waals surface area contributed by atoms with Crippen molar-refractivity contribution in [3.8, 4) is 5.75 Å². The van der Waals surface area contributed by atoms with Gasteiger partial charge in [0.25, 0.3) is 0 Å². The standard InChI is InChI=1S/C11H15FN2O/c1-2-9-6-10(7-13-11(9)12)15-8-14-4-3-5-14/h6-7H,2-5,8H2,1H3. The van der Waals surface area contributed by atoms with Crippen LogP contribution in [0.1, 0.15) is 18.9 Å². The van der Waals surface area contributed by atoms with Crippen LogP contribution < -0.4 is 4.74 Å². The molecule has 0 N–H and O–H groups in total. The number of rotatable bonds is 4. The first-order valence-corrected chi connectivity index (χ1v) is 5.29. The molecule has 1 aliphatic heterocycles. The Labute approximate surface area is 88.9 Å². The highest BCUT2D eigenvalue weighted by Crippen LogP contribution is 2.16. The maximum Gasteiger partial charge on any atom is 0.216 e. The molecule has 3 nitrogen and oxygen atoms in total. The van der Waals surface area contributed by atoms with E-state index in [-0.39, 0.29) is 0 Å². The van der Waals surface area contributed by atoms with E-state index in [1.165, 1.54) is 12.6 Å². The average Bonchev–Trinajstić information content (AvgIpc) is 2.18. The molecule has 15 heavy (non-hydrogen) atoms. The van der Waals surface area contributed by atoms with Gasteiger partial charge in [0, 0.05) is 18.7 Å². The van der Waals surface area contributed by atoms with Crippen LogP contribution in [0.3, 0.4) is 0 Å². The number of nitrogens with zero attached hydrogens (tertiary/aromatic N) is 2. The number of likely N-dealkylation sites (tertiary alicyclic amines) is 1. The number of ether oxygens (including phenoxy) is 1. The summed E-state index contributed by atoms with van der Waals surface area (Å²) in [6, 6.07) is 1.72. The van der Waals surface area contributed by atoms with E-state index in [9.17, 15) is 4.39 Å². The summed E-state index contributed by atoms with van der Waals surface area (Å²) < 4.78 is 18.6. The normalized spacial score (nSPS) is 16.1. The predicted octanol–water partition coefficient (Wildman–Crippen LogP) is 1.83. The summed E-state index contributed by atoms with van der Waals surface area (Å²) in [6.45, 7) is 4.67. The number of aromatic nitrogens is 1. The number of aryl methyl sites for hydroxylation is 1. The largest absolute Gasteiger partial charge is 0.477 e. The van der Waals surface area contributed by atoms with Gasteiger partial charge in [-0.3, -0.25) is 4.90 Å². The van der Waals surface area contributed by atoms with Crippen molar-refractivity contribution in [3.05, 3.63) is 23.8 Å². The van der Waals surface area contributed by atoms with Crippen LogP contribution in [0.4, 0.5) is 4.39 Å². The summed E-state index contributed by atoms with van der Waals surface area (Å²) in [5, 5.41) is 0. The Morgan fingerprint density at radius 1 is 1.53 bits per heavy atom. The third kappa shape index (κ3) is 2.45. The van der Waals surface area contributed by atoms with Crippen LogP contribution in [0.25, 0.3) is 0 Å². The van der Waals surface area contributed by atoms with Crippen molar-refractivity contribution in [2.45, 2.75) is 19.8 Å². The smallest absolute Gasteiger partial charge is 0.216 e. The minimum atomic E-state index is -0.395. The van der Waals surface area contributed by atoms with Crippen LogP contribution >= 0.6 is 0 Å². The highest BCUT2D eigenvalue weighted by atomic mass is 19.1. The second kappa shape index (κ2) is 4.57. The van der Waals surface area contributed by atoms with Gasteiger partial charge in [0.05, 0.1) is 6.20 Å². The van der Waals surface area contributed by atoms with Crippen molar-refractivity contribution in [2.24, 2.45) is 0 Å². The van der Waals surface area contributed by atoms with E-state index in [1.54, 1.807) is 6.07 Å². The molecule has 1 aliphatic rings. The van der Waals surface area contributed by atoms with Crippen molar-refractivity contribution in [1.29, 1.82) is 0 Å². The molecule has 4 heteroatoms. The zero-order valence-electron chi connectivity index (χ0n) is 8.87. The monoisotopic (exact) mass is 210 g/mol. The lowest BCUT2D eigenvalue weighted by Gasteiger charge is -2.30. The molecule has 1 aromatic rings. The zero-order valence-corrected chi connectivity index (χ0v) is 8.87. The van der Waals surface area contributed by atoms with Crippen molar-refractivity contribution in [1.82, 2.24) is 9.88 Å². The maximum atomic E-state index is 13.1. The Hall–Kier alpha value is -1.16. The lowest BCUT2D eigenvalue weighted by molar-refractivity contribution is 0.0727. The molecule has 0 bridgehead atoms. The molecule has 2 heterocycles. The van der Waals surface area contributed by atoms with Gasteiger partial charge >= 0.3 is 0 Å². The molecule has 0 radical (unpaired) electrons. The van der Waals surface area contributed by atoms with Crippen molar-refractivity contribution < 1.29 is 9.13 Å². The summed E-state index contributed by atoms with van der Waals surface area (Å²) in [5.41, 5.74) is 0.608. The third-order valence-electron chi connectivity index (χ3n) is 2.63. The number of hydrogen-bond acceptors (Lipinski definition) is 3. The Bertz CT molecular complexity index is 339. The van der Waals surface area contributed by atoms with Crippen LogP contribution in [-0.4, -0.2) is 29.7 Å². The SMILES string of the molecule is CCc1cc(OCN2CCC2)cnc1F. The molecule has 82 valence electrons. The molecule has 0 spiro atoms. The van der Waals surface area contributed by atoms with Gasteiger partial charge in [-0.05, 0) is 18.9 Å². The van der Waals surface area contributed by atoms with E-state index in [1.807, 2.05) is 6.92 Å². The third-order valence-corrected chi connectivity index (χ3v) is 2.63. The first-order valence-electron chi connectivity index (χ1n) is 5.29. The van der Waals surface area contributed by atoms with E-state index in [0.29, 0.717) is 24.5 Å². The Morgan fingerprint density at radius 2 is 2.33 bits per heavy atom. The van der Waals surface area contributed by atoms with Gasteiger partial charge in [-0.25, -0.2) is 4.98 Å². The molecule has 0 aromatic carbocycles. The van der Waals surface area contributed by atoms with Gasteiger partial charge in [0.15, 0.2) is 0 Å². The molecule has 1 saturated heterocycles. The fourth-order valence-corrected chi connectivity index (χ4v) is 1.48. The lowest BCUT2D eigenvalue weighted by atomic mass is 10.2. The number of halogens is 1. The zero-order chi connectivity index (χ0) is 10.7. The lowest BCUT2D eigenvalue weighted by Crippen LogP contribution is -2.39. The summed E-state index contributed by atoms with van der Waals surface area (Å²) in [7, 11) is 0. The second-order valence-corrected chi connectivity index (χ2v) is 3.72. The molecule has 0 unspecified atom stereocenters. The molecule has 1 aromatic heterocycles. The number of pyridine rings is 1. The second-order valence-electron chi connectivity index (χ2n) is 3.72. The molecule has 1 fully saturated rings. The molecular weight excluding hydrogens is 195 g/mol. The number of hydrogen-bond donors (Lipinski definition) is 0. The van der Waals surface area contributed by atoms with Crippen LogP contribution in [0, 0.1) is 5.95 Å². The first-order chi connectivity index (χ1) is 7.29. The van der Waals surface area contributed by atoms with Gasteiger partial charge in [-0.2, -0.15) is 4.39 Å². The quantitative estimate of drug-likeness (QED) is 0.709. The van der Waals surface area contributed by atoms with Crippen LogP contribution in [0.5, 0.6) is 5.75 Å². The maximum absolute atomic E-state index is 13.1. The summed E-state index contributed by atoms with van der Waals surface area (Å²) >= 11 is 0. The van der Waals surface area contributed by atoms with E-state index < -0.39 is 5.95 Å². The molecule has 0 amide bonds. The molecule has 0 aliphatic carbocycles. The first kappa shape index (κ1) is 10.4. The van der Waals surface area contributed by atoms with Gasteiger partial charge < -0.3 is 4.74 Å². The summed E-state index contributed by atoms with van der Waals surface area (Å²) in [4.78, 5) is 5.85. The van der Waals surface area contributed by atoms with E-state index in [4.69, 9.17) is 4.74 Å². The van der Waals surface area contributed by atoms with Gasteiger partial charge in [-0.15, -0.1) is 0 Å². The summed E-state index contributed by atoms with van der Waals surface area (Å²) in [5.74, 6) is 0.258. The molecule has 0 atom stereocenters. The summed E-state index contributed by atoms with van der Waals surface area (Å²) in [6.07, 6.45) is 3.32. The highest BCUT2D eigenvalue weighted by Gasteiger charge is 2.13.